The van der Waals surface area contributed by atoms with Crippen LogP contribution in [0, 0.1) is 0 Å². The maximum Gasteiger partial charge on any atom is 0.586 e. The molecule has 2 aliphatic heterocycles. The van der Waals surface area contributed by atoms with E-state index in [1.165, 1.54) is 12.1 Å². The first-order chi connectivity index (χ1) is 11.2. The van der Waals surface area contributed by atoms with Gasteiger partial charge in [-0.25, -0.2) is 8.42 Å². The maximum atomic E-state index is 12.9. The number of nitrogens with one attached hydrogen (secondary N) is 1. The molecular formula is C14H15F2NO6S. The third kappa shape index (κ3) is 4.12. The number of ether oxygens (including phenoxy) is 3. The Labute approximate surface area is 136 Å². The molecule has 0 aliphatic carbocycles. The number of benzene rings is 1. The summed E-state index contributed by atoms with van der Waals surface area (Å²) >= 11 is 0. The molecule has 0 bridgehead atoms. The molecule has 0 spiro atoms. The Hall–Kier alpha value is -1.94. The van der Waals surface area contributed by atoms with Crippen LogP contribution < -0.4 is 14.8 Å². The Morgan fingerprint density at radius 2 is 2.04 bits per heavy atom. The van der Waals surface area contributed by atoms with E-state index in [1.54, 1.807) is 0 Å². The molecule has 0 saturated carbocycles. The molecule has 1 aromatic carbocycles. The third-order valence-corrected chi connectivity index (χ3v) is 5.08. The van der Waals surface area contributed by atoms with E-state index >= 15 is 0 Å². The molecule has 1 N–H and O–H groups in total. The molecule has 0 radical (unpaired) electrons. The SMILES string of the molecule is O=C(CS(=O)(=O)C[C@H]1CCCO1)Nc1ccc2c(c1)OC(F)(F)O2. The molecule has 1 fully saturated rings. The van der Waals surface area contributed by atoms with Crippen molar-refractivity contribution in [2.75, 3.05) is 23.4 Å². The van der Waals surface area contributed by atoms with Crippen molar-refractivity contribution in [3.05, 3.63) is 18.2 Å². The van der Waals surface area contributed by atoms with Gasteiger partial charge in [0, 0.05) is 18.4 Å². The number of amides is 1. The van der Waals surface area contributed by atoms with Crippen LogP contribution in [0.2, 0.25) is 0 Å². The van der Waals surface area contributed by atoms with E-state index in [4.69, 9.17) is 4.74 Å². The minimum absolute atomic E-state index is 0.132. The minimum atomic E-state index is -3.75. The zero-order valence-electron chi connectivity index (χ0n) is 12.5. The van der Waals surface area contributed by atoms with Gasteiger partial charge in [0.25, 0.3) is 0 Å². The van der Waals surface area contributed by atoms with Gasteiger partial charge in [0.05, 0.1) is 11.9 Å². The van der Waals surface area contributed by atoms with Crippen LogP contribution in [0.25, 0.3) is 0 Å². The summed E-state index contributed by atoms with van der Waals surface area (Å²) in [4.78, 5) is 11.9. The summed E-state index contributed by atoms with van der Waals surface area (Å²) in [7, 11) is -3.63. The Bertz CT molecular complexity index is 746. The predicted molar refractivity (Wildman–Crippen MR) is 78.9 cm³/mol. The number of carbonyl (C=O) groups is 1. The number of fused-ring (bicyclic) bond motifs is 1. The van der Waals surface area contributed by atoms with E-state index in [1.807, 2.05) is 0 Å². The van der Waals surface area contributed by atoms with Crippen molar-refractivity contribution in [2.24, 2.45) is 0 Å². The average molecular weight is 363 g/mol. The molecule has 1 aromatic rings. The summed E-state index contributed by atoms with van der Waals surface area (Å²) in [6, 6.07) is 3.65. The number of anilines is 1. The van der Waals surface area contributed by atoms with Crippen LogP contribution in [0.4, 0.5) is 14.5 Å². The lowest BCUT2D eigenvalue weighted by molar-refractivity contribution is -0.286. The minimum Gasteiger partial charge on any atom is -0.395 e. The van der Waals surface area contributed by atoms with E-state index in [9.17, 15) is 22.0 Å². The van der Waals surface area contributed by atoms with Crippen LogP contribution in [-0.4, -0.2) is 44.8 Å². The average Bonchev–Trinajstić information content (AvgIpc) is 3.02. The lowest BCUT2D eigenvalue weighted by Crippen LogP contribution is -2.29. The fraction of sp³-hybridized carbons (Fsp3) is 0.500. The zero-order chi connectivity index (χ0) is 17.4. The molecule has 7 nitrogen and oxygen atoms in total. The van der Waals surface area contributed by atoms with Gasteiger partial charge in [-0.3, -0.25) is 4.79 Å². The van der Waals surface area contributed by atoms with Gasteiger partial charge in [-0.05, 0) is 25.0 Å². The van der Waals surface area contributed by atoms with Crippen molar-refractivity contribution in [3.8, 4) is 11.5 Å². The van der Waals surface area contributed by atoms with Gasteiger partial charge < -0.3 is 19.5 Å². The van der Waals surface area contributed by atoms with Crippen molar-refractivity contribution in [1.82, 2.24) is 0 Å². The quantitative estimate of drug-likeness (QED) is 0.853. The number of alkyl halides is 2. The lowest BCUT2D eigenvalue weighted by atomic mass is 10.3. The molecule has 10 heteroatoms. The Morgan fingerprint density at radius 3 is 2.75 bits per heavy atom. The number of hydrogen-bond donors (Lipinski definition) is 1. The lowest BCUT2D eigenvalue weighted by Gasteiger charge is -2.10. The highest BCUT2D eigenvalue weighted by molar-refractivity contribution is 7.92. The van der Waals surface area contributed by atoms with E-state index in [-0.39, 0.29) is 29.0 Å². The van der Waals surface area contributed by atoms with Crippen LogP contribution in [0.1, 0.15) is 12.8 Å². The van der Waals surface area contributed by atoms with Gasteiger partial charge in [-0.2, -0.15) is 0 Å². The molecule has 0 unspecified atom stereocenters. The highest BCUT2D eigenvalue weighted by Crippen LogP contribution is 2.42. The molecule has 132 valence electrons. The summed E-state index contributed by atoms with van der Waals surface area (Å²) < 4.78 is 63.5. The van der Waals surface area contributed by atoms with Crippen LogP contribution in [0.5, 0.6) is 11.5 Å². The normalized spacial score (nSPS) is 21.7. The second-order valence-corrected chi connectivity index (χ2v) is 7.68. The van der Waals surface area contributed by atoms with Crippen LogP contribution in [0.15, 0.2) is 18.2 Å². The highest BCUT2D eigenvalue weighted by atomic mass is 32.2. The van der Waals surface area contributed by atoms with Crippen molar-refractivity contribution in [2.45, 2.75) is 25.2 Å². The van der Waals surface area contributed by atoms with Crippen molar-refractivity contribution in [3.63, 3.8) is 0 Å². The van der Waals surface area contributed by atoms with Crippen molar-refractivity contribution in [1.29, 1.82) is 0 Å². The molecule has 1 amide bonds. The Morgan fingerprint density at radius 1 is 1.29 bits per heavy atom. The molecule has 24 heavy (non-hydrogen) atoms. The van der Waals surface area contributed by atoms with Gasteiger partial charge in [-0.1, -0.05) is 0 Å². The number of carbonyl (C=O) groups excluding carboxylic acids is 1. The predicted octanol–water partition coefficient (Wildman–Crippen LogP) is 1.54. The van der Waals surface area contributed by atoms with Gasteiger partial charge in [0.15, 0.2) is 21.3 Å². The molecule has 3 rings (SSSR count). The molecule has 1 atom stereocenters. The van der Waals surface area contributed by atoms with Crippen molar-refractivity contribution < 1.29 is 36.2 Å². The van der Waals surface area contributed by atoms with E-state index < -0.39 is 27.8 Å². The topological polar surface area (TPSA) is 90.9 Å². The third-order valence-electron chi connectivity index (χ3n) is 3.50. The van der Waals surface area contributed by atoms with E-state index in [0.29, 0.717) is 13.0 Å². The van der Waals surface area contributed by atoms with Crippen LogP contribution >= 0.6 is 0 Å². The fourth-order valence-electron chi connectivity index (χ4n) is 2.54. The first kappa shape index (κ1) is 16.9. The molecular weight excluding hydrogens is 348 g/mol. The van der Waals surface area contributed by atoms with Crippen LogP contribution in [0.3, 0.4) is 0 Å². The smallest absolute Gasteiger partial charge is 0.395 e. The standard InChI is InChI=1S/C14H15F2NO6S/c15-14(16)22-11-4-3-9(6-12(11)23-14)17-13(18)8-24(19,20)7-10-2-1-5-21-10/h3-4,6,10H,1-2,5,7-8H2,(H,17,18)/t10-/m1/s1. The molecule has 0 aromatic heterocycles. The Kier molecular flexibility index (Phi) is 4.35. The molecule has 2 aliphatic rings. The second-order valence-electron chi connectivity index (χ2n) is 5.57. The zero-order valence-corrected chi connectivity index (χ0v) is 13.3. The first-order valence-corrected chi connectivity index (χ1v) is 9.06. The van der Waals surface area contributed by atoms with Gasteiger partial charge in [-0.15, -0.1) is 8.78 Å². The largest absolute Gasteiger partial charge is 0.586 e. The summed E-state index contributed by atoms with van der Waals surface area (Å²) in [5.74, 6) is -2.09. The number of rotatable bonds is 5. The summed E-state index contributed by atoms with van der Waals surface area (Å²) in [5.41, 5.74) is 0.132. The van der Waals surface area contributed by atoms with Gasteiger partial charge >= 0.3 is 6.29 Å². The maximum absolute atomic E-state index is 12.9. The second kappa shape index (κ2) is 6.17. The summed E-state index contributed by atoms with van der Waals surface area (Å²) in [5, 5.41) is 2.34. The monoisotopic (exact) mass is 363 g/mol. The van der Waals surface area contributed by atoms with E-state index in [2.05, 4.69) is 14.8 Å². The number of hydrogen-bond acceptors (Lipinski definition) is 6. The van der Waals surface area contributed by atoms with Gasteiger partial charge in [0.1, 0.15) is 5.75 Å². The fourth-order valence-corrected chi connectivity index (χ4v) is 3.96. The number of sulfone groups is 1. The summed E-state index contributed by atoms with van der Waals surface area (Å²) in [6.07, 6.45) is -2.68. The number of halogens is 2. The summed E-state index contributed by atoms with van der Waals surface area (Å²) in [6.45, 7) is 0.522. The first-order valence-electron chi connectivity index (χ1n) is 7.24. The van der Waals surface area contributed by atoms with E-state index in [0.717, 1.165) is 12.5 Å². The highest BCUT2D eigenvalue weighted by Gasteiger charge is 2.43. The van der Waals surface area contributed by atoms with Gasteiger partial charge in [0.2, 0.25) is 5.91 Å². The molecule has 2 heterocycles. The van der Waals surface area contributed by atoms with Crippen molar-refractivity contribution >= 4 is 21.4 Å². The van der Waals surface area contributed by atoms with Crippen LogP contribution in [-0.2, 0) is 19.4 Å². The Balaban J connectivity index is 1.59. The molecule has 1 saturated heterocycles.